The Morgan fingerprint density at radius 2 is 1.41 bits per heavy atom. The molecule has 0 amide bonds. The number of carbonyl (C=O) groups excluding carboxylic acids is 3. The second-order valence-electron chi connectivity index (χ2n) is 2.69. The molecular weight excluding hydrogens is 235 g/mol. The van der Waals surface area contributed by atoms with Crippen LogP contribution in [0.15, 0.2) is 5.16 Å². The molecule has 0 aliphatic rings. The van der Waals surface area contributed by atoms with Crippen molar-refractivity contribution in [3.8, 4) is 0 Å². The van der Waals surface area contributed by atoms with Crippen molar-refractivity contribution < 1.29 is 33.4 Å². The van der Waals surface area contributed by atoms with Gasteiger partial charge < -0.3 is 19.0 Å². The van der Waals surface area contributed by atoms with E-state index in [2.05, 4.69) is 24.2 Å². The van der Waals surface area contributed by atoms with E-state index in [4.69, 9.17) is 0 Å². The number of carbonyl (C=O) groups is 3. The van der Waals surface area contributed by atoms with Crippen molar-refractivity contribution in [1.82, 2.24) is 0 Å². The molecule has 0 aromatic heterocycles. The summed E-state index contributed by atoms with van der Waals surface area (Å²) < 4.78 is 12.9. The summed E-state index contributed by atoms with van der Waals surface area (Å²) in [7, 11) is 3.28. The smallest absolute Gasteiger partial charge is 0.367 e. The van der Waals surface area contributed by atoms with Crippen LogP contribution in [-0.4, -0.2) is 51.1 Å². The third-order valence-electron chi connectivity index (χ3n) is 1.59. The van der Waals surface area contributed by atoms with E-state index in [1.54, 1.807) is 0 Å². The molecule has 0 saturated carbocycles. The molecule has 0 rings (SSSR count). The topological polar surface area (TPSA) is 100 Å². The maximum atomic E-state index is 11.1. The minimum absolute atomic E-state index is 0.703. The van der Waals surface area contributed by atoms with Crippen molar-refractivity contribution in [3.63, 3.8) is 0 Å². The number of oxime groups is 1. The molecule has 0 aromatic rings. The van der Waals surface area contributed by atoms with Gasteiger partial charge in [-0.05, 0) is 6.92 Å². The lowest BCUT2D eigenvalue weighted by molar-refractivity contribution is -0.153. The Morgan fingerprint density at radius 1 is 0.941 bits per heavy atom. The highest BCUT2D eigenvalue weighted by molar-refractivity contribution is 6.62. The molecule has 0 saturated heterocycles. The van der Waals surface area contributed by atoms with Crippen LogP contribution in [0.2, 0.25) is 0 Å². The molecule has 0 bridgehead atoms. The molecule has 0 aromatic carbocycles. The van der Waals surface area contributed by atoms with Gasteiger partial charge >= 0.3 is 17.9 Å². The van der Waals surface area contributed by atoms with Gasteiger partial charge in [0.25, 0.3) is 5.71 Å². The van der Waals surface area contributed by atoms with Crippen LogP contribution in [0.4, 0.5) is 0 Å². The van der Waals surface area contributed by atoms with E-state index in [9.17, 15) is 14.4 Å². The van der Waals surface area contributed by atoms with E-state index >= 15 is 0 Å². The second kappa shape index (κ2) is 7.20. The standard InChI is InChI=1S/C9H13NO7/c1-5(7(11)14-2)17-10-6(8(12)15-3)9(13)16-4/h5H,1-4H3/i10+1. The van der Waals surface area contributed by atoms with Gasteiger partial charge in [0, 0.05) is 0 Å². The molecular formula is C9H13NO7. The number of esters is 3. The lowest BCUT2D eigenvalue weighted by Gasteiger charge is -2.07. The van der Waals surface area contributed by atoms with Crippen LogP contribution in [0.3, 0.4) is 0 Å². The monoisotopic (exact) mass is 248 g/mol. The molecule has 1 unspecified atom stereocenters. The lowest BCUT2D eigenvalue weighted by Crippen LogP contribution is -2.28. The summed E-state index contributed by atoms with van der Waals surface area (Å²) >= 11 is 0. The Labute approximate surface area is 97.4 Å². The molecule has 0 aliphatic carbocycles. The summed E-state index contributed by atoms with van der Waals surface area (Å²) in [5.74, 6) is -2.77. The van der Waals surface area contributed by atoms with Gasteiger partial charge in [0.15, 0.2) is 0 Å². The maximum absolute atomic E-state index is 11.1. The van der Waals surface area contributed by atoms with Crippen molar-refractivity contribution in [2.75, 3.05) is 21.3 Å². The summed E-state index contributed by atoms with van der Waals surface area (Å²) in [5, 5.41) is 3.20. The summed E-state index contributed by atoms with van der Waals surface area (Å²) in [6, 6.07) is 0. The molecule has 0 radical (unpaired) electrons. The molecule has 8 heteroatoms. The fourth-order valence-electron chi connectivity index (χ4n) is 0.692. The zero-order valence-corrected chi connectivity index (χ0v) is 9.88. The molecule has 17 heavy (non-hydrogen) atoms. The van der Waals surface area contributed by atoms with Crippen LogP contribution in [0, 0.1) is 0 Å². The zero-order chi connectivity index (χ0) is 13.4. The van der Waals surface area contributed by atoms with E-state index in [-0.39, 0.29) is 0 Å². The van der Waals surface area contributed by atoms with Gasteiger partial charge in [0.05, 0.1) is 21.3 Å². The number of methoxy groups -OCH3 is 3. The Hall–Kier alpha value is -2.12. The minimum Gasteiger partial charge on any atom is -0.466 e. The summed E-state index contributed by atoms with van der Waals surface area (Å²) in [5.41, 5.74) is -0.703. The quantitative estimate of drug-likeness (QED) is 0.158. The van der Waals surface area contributed by atoms with Gasteiger partial charge in [-0.15, -0.1) is 0 Å². The molecule has 0 heterocycles. The van der Waals surface area contributed by atoms with Crippen LogP contribution < -0.4 is 0 Å². The molecule has 1 atom stereocenters. The average Bonchev–Trinajstić information content (AvgIpc) is 2.36. The molecule has 96 valence electrons. The highest BCUT2D eigenvalue weighted by Crippen LogP contribution is 1.97. The number of rotatable bonds is 5. The van der Waals surface area contributed by atoms with E-state index in [0.29, 0.717) is 0 Å². The summed E-state index contributed by atoms with van der Waals surface area (Å²) in [4.78, 5) is 37.8. The van der Waals surface area contributed by atoms with Gasteiger partial charge in [0.2, 0.25) is 6.10 Å². The van der Waals surface area contributed by atoms with Crippen molar-refractivity contribution in [2.45, 2.75) is 13.0 Å². The predicted octanol–water partition coefficient (Wildman–Crippen LogP) is -0.734. The Morgan fingerprint density at radius 3 is 1.76 bits per heavy atom. The lowest BCUT2D eigenvalue weighted by atomic mass is 10.4. The van der Waals surface area contributed by atoms with Crippen LogP contribution in [-0.2, 0) is 33.4 Å². The second-order valence-corrected chi connectivity index (χ2v) is 2.69. The molecule has 0 aliphatic heterocycles. The molecule has 0 spiro atoms. The fraction of sp³-hybridized carbons (Fsp3) is 0.556. The SMILES string of the molecule is COC(=O)C(=[15N]OC(C)C(=O)OC)C(=O)OC. The third-order valence-corrected chi connectivity index (χ3v) is 1.59. The minimum atomic E-state index is -1.07. The third kappa shape index (κ3) is 4.49. The van der Waals surface area contributed by atoms with E-state index in [1.807, 2.05) is 0 Å². The molecule has 0 fully saturated rings. The van der Waals surface area contributed by atoms with Crippen molar-refractivity contribution >= 4 is 23.6 Å². The van der Waals surface area contributed by atoms with Gasteiger partial charge in [-0.2, -0.15) is 0 Å². The van der Waals surface area contributed by atoms with Crippen molar-refractivity contribution in [2.24, 2.45) is 5.16 Å². The average molecular weight is 248 g/mol. The first-order chi connectivity index (χ1) is 7.97. The van der Waals surface area contributed by atoms with Gasteiger partial charge in [-0.25, -0.2) is 14.4 Å². The number of nitrogens with zero attached hydrogens (tertiary/aromatic N) is 1. The first-order valence-corrected chi connectivity index (χ1v) is 4.46. The Kier molecular flexibility index (Phi) is 6.30. The summed E-state index contributed by atoms with van der Waals surface area (Å²) in [6.45, 7) is 1.33. The van der Waals surface area contributed by atoms with E-state index in [0.717, 1.165) is 21.3 Å². The Balaban J connectivity index is 4.77. The van der Waals surface area contributed by atoms with Crippen LogP contribution in [0.1, 0.15) is 6.92 Å². The van der Waals surface area contributed by atoms with Gasteiger partial charge in [-0.3, -0.25) is 0 Å². The predicted molar refractivity (Wildman–Crippen MR) is 54.0 cm³/mol. The number of hydrogen-bond donors (Lipinski definition) is 0. The molecule has 0 N–H and O–H groups in total. The van der Waals surface area contributed by atoms with E-state index < -0.39 is 29.7 Å². The highest BCUT2D eigenvalue weighted by atomic mass is 16.8. The molecule has 8 nitrogen and oxygen atoms in total. The fourth-order valence-corrected chi connectivity index (χ4v) is 0.692. The normalized spacial score (nSPS) is 10.8. The van der Waals surface area contributed by atoms with Gasteiger partial charge in [0.1, 0.15) is 0 Å². The number of hydrogen-bond acceptors (Lipinski definition) is 8. The van der Waals surface area contributed by atoms with Crippen LogP contribution in [0.25, 0.3) is 0 Å². The largest absolute Gasteiger partial charge is 0.466 e. The van der Waals surface area contributed by atoms with Crippen LogP contribution >= 0.6 is 0 Å². The first-order valence-electron chi connectivity index (χ1n) is 4.46. The van der Waals surface area contributed by atoms with Gasteiger partial charge in [-0.1, -0.05) is 5.16 Å². The number of ether oxygens (including phenoxy) is 3. The highest BCUT2D eigenvalue weighted by Gasteiger charge is 2.24. The van der Waals surface area contributed by atoms with Crippen LogP contribution in [0.5, 0.6) is 0 Å². The van der Waals surface area contributed by atoms with Crippen molar-refractivity contribution in [1.29, 1.82) is 0 Å². The summed E-state index contributed by atoms with van der Waals surface area (Å²) in [6.07, 6.45) is -1.07. The maximum Gasteiger partial charge on any atom is 0.367 e. The Bertz CT molecular complexity index is 318. The van der Waals surface area contributed by atoms with Crippen molar-refractivity contribution in [3.05, 3.63) is 0 Å². The zero-order valence-electron chi connectivity index (χ0n) is 9.88. The first kappa shape index (κ1) is 14.9. The van der Waals surface area contributed by atoms with E-state index in [1.165, 1.54) is 6.92 Å².